The zero-order valence-electron chi connectivity index (χ0n) is 21.0. The van der Waals surface area contributed by atoms with Crippen molar-refractivity contribution in [2.75, 3.05) is 20.0 Å². The van der Waals surface area contributed by atoms with E-state index in [-0.39, 0.29) is 16.3 Å². The Bertz CT molecular complexity index is 1730. The van der Waals surface area contributed by atoms with Gasteiger partial charge < -0.3 is 14.0 Å². The van der Waals surface area contributed by atoms with Crippen molar-refractivity contribution >= 4 is 26.5 Å². The van der Waals surface area contributed by atoms with Gasteiger partial charge in [-0.1, -0.05) is 48.5 Å². The number of pyridine rings is 1. The fraction of sp³-hybridized carbons (Fsp3) is 0.133. The molecule has 5 aromatic rings. The molecule has 2 aromatic heterocycles. The molecule has 5 rings (SSSR count). The van der Waals surface area contributed by atoms with Gasteiger partial charge in [0.1, 0.15) is 27.8 Å². The Hall–Kier alpha value is -4.43. The Morgan fingerprint density at radius 1 is 0.842 bits per heavy atom. The molecule has 0 amide bonds. The Morgan fingerprint density at radius 3 is 2.37 bits per heavy atom. The summed E-state index contributed by atoms with van der Waals surface area (Å²) in [5.74, 6) is -0.323. The standard InChI is InChI=1S/C30H26N2O5S/c1-36-24-15-16-26-22(17-24)18-27(21-9-4-3-5-10-21)32(26)19-23-11-8-12-25(31-23)28(33)20-38(34,35)30-14-7-6-13-29(30)37-2/h3-18H,19-20H2,1-2H3. The van der Waals surface area contributed by atoms with Crippen LogP contribution < -0.4 is 9.47 Å². The van der Waals surface area contributed by atoms with Crippen molar-refractivity contribution in [3.63, 3.8) is 0 Å². The predicted octanol–water partition coefficient (Wildman–Crippen LogP) is 5.43. The minimum absolute atomic E-state index is 0.0197. The lowest BCUT2D eigenvalue weighted by Crippen LogP contribution is -2.18. The molecule has 0 aliphatic carbocycles. The highest BCUT2D eigenvalue weighted by molar-refractivity contribution is 7.92. The van der Waals surface area contributed by atoms with Crippen molar-refractivity contribution in [1.29, 1.82) is 0 Å². The van der Waals surface area contributed by atoms with Crippen LogP contribution in [0.5, 0.6) is 11.5 Å². The van der Waals surface area contributed by atoms with Crippen molar-refractivity contribution in [2.24, 2.45) is 0 Å². The van der Waals surface area contributed by atoms with E-state index < -0.39 is 21.4 Å². The Labute approximate surface area is 221 Å². The molecule has 0 radical (unpaired) electrons. The van der Waals surface area contributed by atoms with Gasteiger partial charge in [-0.25, -0.2) is 13.4 Å². The van der Waals surface area contributed by atoms with Crippen molar-refractivity contribution in [3.8, 4) is 22.8 Å². The second-order valence-electron chi connectivity index (χ2n) is 8.75. The molecule has 7 nitrogen and oxygen atoms in total. The predicted molar refractivity (Wildman–Crippen MR) is 147 cm³/mol. The summed E-state index contributed by atoms with van der Waals surface area (Å²) in [7, 11) is -0.893. The number of carbonyl (C=O) groups is 1. The zero-order valence-corrected chi connectivity index (χ0v) is 21.8. The number of hydrogen-bond donors (Lipinski definition) is 0. The maximum atomic E-state index is 13.1. The van der Waals surface area contributed by atoms with Gasteiger partial charge in [0.15, 0.2) is 15.6 Å². The van der Waals surface area contributed by atoms with E-state index in [1.165, 1.54) is 13.2 Å². The Kier molecular flexibility index (Phi) is 6.98. The van der Waals surface area contributed by atoms with E-state index >= 15 is 0 Å². The van der Waals surface area contributed by atoms with Crippen molar-refractivity contribution in [1.82, 2.24) is 9.55 Å². The molecule has 0 bridgehead atoms. The van der Waals surface area contributed by atoms with Crippen LogP contribution in [0.4, 0.5) is 0 Å². The Morgan fingerprint density at radius 2 is 1.61 bits per heavy atom. The number of para-hydroxylation sites is 1. The second kappa shape index (κ2) is 10.5. The van der Waals surface area contributed by atoms with Gasteiger partial charge in [-0.2, -0.15) is 0 Å². The Balaban J connectivity index is 1.48. The monoisotopic (exact) mass is 526 g/mol. The molecule has 0 spiro atoms. The molecule has 0 unspecified atom stereocenters. The van der Waals surface area contributed by atoms with Crippen LogP contribution in [0, 0.1) is 0 Å². The highest BCUT2D eigenvalue weighted by Crippen LogP contribution is 2.31. The van der Waals surface area contributed by atoms with E-state index in [2.05, 4.69) is 15.6 Å². The SMILES string of the molecule is COc1ccc2c(c1)cc(-c1ccccc1)n2Cc1cccc(C(=O)CS(=O)(=O)c2ccccc2OC)n1. The van der Waals surface area contributed by atoms with Crippen LogP contribution in [0.25, 0.3) is 22.2 Å². The summed E-state index contributed by atoms with van der Waals surface area (Å²) in [4.78, 5) is 17.6. The van der Waals surface area contributed by atoms with E-state index in [1.54, 1.807) is 37.4 Å². The summed E-state index contributed by atoms with van der Waals surface area (Å²) < 4.78 is 38.7. The number of ketones is 1. The average Bonchev–Trinajstić information content (AvgIpc) is 3.30. The van der Waals surface area contributed by atoms with Crippen LogP contribution in [0.2, 0.25) is 0 Å². The van der Waals surface area contributed by atoms with E-state index in [4.69, 9.17) is 9.47 Å². The summed E-state index contributed by atoms with van der Waals surface area (Å²) >= 11 is 0. The number of Topliss-reactive ketones (excluding diaryl/α,β-unsaturated/α-hetero) is 1. The van der Waals surface area contributed by atoms with Crippen molar-refractivity contribution in [2.45, 2.75) is 11.4 Å². The molecule has 192 valence electrons. The third-order valence-electron chi connectivity index (χ3n) is 6.32. The highest BCUT2D eigenvalue weighted by atomic mass is 32.2. The van der Waals surface area contributed by atoms with Gasteiger partial charge in [0.05, 0.1) is 26.5 Å². The largest absolute Gasteiger partial charge is 0.497 e. The minimum Gasteiger partial charge on any atom is -0.497 e. The van der Waals surface area contributed by atoms with Gasteiger partial charge >= 0.3 is 0 Å². The van der Waals surface area contributed by atoms with E-state index in [9.17, 15) is 13.2 Å². The first-order valence-corrected chi connectivity index (χ1v) is 13.6. The molecule has 0 saturated heterocycles. The summed E-state index contributed by atoms with van der Waals surface area (Å²) in [6.45, 7) is 0.389. The van der Waals surface area contributed by atoms with Gasteiger partial charge in [0.2, 0.25) is 0 Å². The number of carbonyl (C=O) groups excluding carboxylic acids is 1. The molecule has 0 N–H and O–H groups in total. The first kappa shape index (κ1) is 25.2. The maximum Gasteiger partial charge on any atom is 0.196 e. The number of fused-ring (bicyclic) bond motifs is 1. The van der Waals surface area contributed by atoms with Gasteiger partial charge in [-0.15, -0.1) is 0 Å². The number of ether oxygens (including phenoxy) is 2. The number of aromatic nitrogens is 2. The summed E-state index contributed by atoms with van der Waals surface area (Å²) in [5, 5.41) is 1.01. The highest BCUT2D eigenvalue weighted by Gasteiger charge is 2.24. The minimum atomic E-state index is -3.92. The fourth-order valence-corrected chi connectivity index (χ4v) is 5.87. The topological polar surface area (TPSA) is 87.5 Å². The summed E-state index contributed by atoms with van der Waals surface area (Å²) in [6.07, 6.45) is 0. The smallest absolute Gasteiger partial charge is 0.196 e. The second-order valence-corrected chi connectivity index (χ2v) is 10.7. The zero-order chi connectivity index (χ0) is 26.7. The first-order chi connectivity index (χ1) is 18.4. The number of nitrogens with zero attached hydrogens (tertiary/aromatic N) is 2. The number of methoxy groups -OCH3 is 2. The molecule has 0 saturated carbocycles. The quantitative estimate of drug-likeness (QED) is 0.238. The van der Waals surface area contributed by atoms with Crippen LogP contribution in [0.1, 0.15) is 16.2 Å². The van der Waals surface area contributed by atoms with E-state index in [0.717, 1.165) is 27.9 Å². The van der Waals surface area contributed by atoms with Crippen LogP contribution in [0.15, 0.2) is 102 Å². The van der Waals surface area contributed by atoms with Crippen molar-refractivity contribution < 1.29 is 22.7 Å². The summed E-state index contributed by atoms with van der Waals surface area (Å²) in [5.41, 5.74) is 3.75. The third-order valence-corrected chi connectivity index (χ3v) is 7.97. The third kappa shape index (κ3) is 5.03. The number of benzene rings is 3. The lowest BCUT2D eigenvalue weighted by Gasteiger charge is -2.12. The van der Waals surface area contributed by atoms with Gasteiger partial charge in [-0.3, -0.25) is 4.79 Å². The van der Waals surface area contributed by atoms with Gasteiger partial charge in [0, 0.05) is 16.6 Å². The van der Waals surface area contributed by atoms with Gasteiger partial charge in [0.25, 0.3) is 0 Å². The first-order valence-electron chi connectivity index (χ1n) is 12.0. The van der Waals surface area contributed by atoms with Crippen LogP contribution in [0.3, 0.4) is 0 Å². The number of rotatable bonds is 9. The molecular formula is C30H26N2O5S. The lowest BCUT2D eigenvalue weighted by atomic mass is 10.1. The van der Waals surface area contributed by atoms with Crippen LogP contribution in [-0.4, -0.2) is 43.7 Å². The van der Waals surface area contributed by atoms with Crippen LogP contribution >= 0.6 is 0 Å². The van der Waals surface area contributed by atoms with E-state index in [0.29, 0.717) is 12.2 Å². The maximum absolute atomic E-state index is 13.1. The molecule has 0 aliphatic heterocycles. The lowest BCUT2D eigenvalue weighted by molar-refractivity contribution is 0.101. The molecule has 0 atom stereocenters. The normalized spacial score (nSPS) is 11.4. The molecule has 8 heteroatoms. The van der Waals surface area contributed by atoms with Crippen LogP contribution in [-0.2, 0) is 16.4 Å². The number of sulfone groups is 1. The molecule has 0 aliphatic rings. The molecule has 0 fully saturated rings. The average molecular weight is 527 g/mol. The van der Waals surface area contributed by atoms with E-state index in [1.807, 2.05) is 54.6 Å². The molecule has 38 heavy (non-hydrogen) atoms. The molecular weight excluding hydrogens is 500 g/mol. The molecule has 2 heterocycles. The van der Waals surface area contributed by atoms with Gasteiger partial charge in [-0.05, 0) is 54.1 Å². The number of hydrogen-bond acceptors (Lipinski definition) is 6. The summed E-state index contributed by atoms with van der Waals surface area (Å²) in [6, 6.07) is 29.4. The molecule has 3 aromatic carbocycles. The fourth-order valence-electron chi connectivity index (χ4n) is 4.48. The van der Waals surface area contributed by atoms with Crippen molar-refractivity contribution in [3.05, 3.63) is 108 Å².